The molecule has 2 aromatic carbocycles. The van der Waals surface area contributed by atoms with Crippen LogP contribution in [0, 0.1) is 11.6 Å². The molecule has 2 amide bonds. The van der Waals surface area contributed by atoms with Crippen molar-refractivity contribution in [2.24, 2.45) is 0 Å². The second kappa shape index (κ2) is 6.74. The second-order valence-corrected chi connectivity index (χ2v) is 7.96. The Bertz CT molecular complexity index is 936. The van der Waals surface area contributed by atoms with E-state index in [4.69, 9.17) is 0 Å². The number of phenols is 1. The standard InChI is InChI=1S/C21H23F2N3O2/c1-21-7-8-26(2)18(9-12-3-5-14(27)11-15(12)21)19(21)25-20(28)24-17-6-4-13(22)10-16(17)23/h3-6,10-11,18-19,27H,7-9H2,1-2H3,(H2,24,25,28)/t18-,19+,21-/m1/s1. The Morgan fingerprint density at radius 2 is 2.04 bits per heavy atom. The molecule has 0 spiro atoms. The molecule has 1 fully saturated rings. The molecule has 3 N–H and O–H groups in total. The molecule has 2 aromatic rings. The van der Waals surface area contributed by atoms with Crippen molar-refractivity contribution in [3.63, 3.8) is 0 Å². The van der Waals surface area contributed by atoms with Crippen molar-refractivity contribution in [2.75, 3.05) is 18.9 Å². The average molecular weight is 387 g/mol. The molecule has 3 atom stereocenters. The summed E-state index contributed by atoms with van der Waals surface area (Å²) in [5.74, 6) is -1.32. The lowest BCUT2D eigenvalue weighted by Crippen LogP contribution is -2.67. The summed E-state index contributed by atoms with van der Waals surface area (Å²) in [6, 6.07) is 7.78. The van der Waals surface area contributed by atoms with Gasteiger partial charge in [0, 0.05) is 17.5 Å². The average Bonchev–Trinajstić information content (AvgIpc) is 2.64. The molecule has 148 valence electrons. The quantitative estimate of drug-likeness (QED) is 0.740. The van der Waals surface area contributed by atoms with Gasteiger partial charge in [0.15, 0.2) is 0 Å². The van der Waals surface area contributed by atoms with Crippen molar-refractivity contribution in [1.82, 2.24) is 10.2 Å². The fourth-order valence-corrected chi connectivity index (χ4v) is 4.63. The molecule has 0 saturated carbocycles. The van der Waals surface area contributed by atoms with Crippen molar-refractivity contribution >= 4 is 11.7 Å². The molecule has 0 radical (unpaired) electrons. The van der Waals surface area contributed by atoms with Crippen LogP contribution in [0.2, 0.25) is 0 Å². The summed E-state index contributed by atoms with van der Waals surface area (Å²) in [7, 11) is 2.03. The van der Waals surface area contributed by atoms with E-state index in [1.807, 2.05) is 13.1 Å². The number of fused-ring (bicyclic) bond motifs is 4. The number of hydrogen-bond donors (Lipinski definition) is 3. The molecule has 5 nitrogen and oxygen atoms in total. The first-order chi connectivity index (χ1) is 13.3. The summed E-state index contributed by atoms with van der Waals surface area (Å²) >= 11 is 0. The molecule has 0 aromatic heterocycles. The highest BCUT2D eigenvalue weighted by atomic mass is 19.1. The lowest BCUT2D eigenvalue weighted by Gasteiger charge is -2.54. The highest BCUT2D eigenvalue weighted by Crippen LogP contribution is 2.45. The van der Waals surface area contributed by atoms with E-state index in [1.165, 1.54) is 11.6 Å². The Morgan fingerprint density at radius 1 is 1.25 bits per heavy atom. The molecular weight excluding hydrogens is 364 g/mol. The number of benzene rings is 2. The number of urea groups is 1. The first-order valence-electron chi connectivity index (χ1n) is 9.33. The van der Waals surface area contributed by atoms with Crippen LogP contribution in [-0.2, 0) is 11.8 Å². The van der Waals surface area contributed by atoms with E-state index in [0.29, 0.717) is 0 Å². The van der Waals surface area contributed by atoms with Crippen LogP contribution in [-0.4, -0.2) is 41.7 Å². The number of likely N-dealkylation sites (N-methyl/N-ethyl adjacent to an activating group) is 1. The molecule has 28 heavy (non-hydrogen) atoms. The number of carbonyl (C=O) groups excluding carboxylic acids is 1. The number of piperidine rings is 1. The third-order valence-corrected chi connectivity index (χ3v) is 6.22. The second-order valence-electron chi connectivity index (χ2n) is 7.96. The number of aromatic hydroxyl groups is 1. The van der Waals surface area contributed by atoms with Gasteiger partial charge in [0.2, 0.25) is 0 Å². The fraction of sp³-hybridized carbons (Fsp3) is 0.381. The van der Waals surface area contributed by atoms with E-state index in [-0.39, 0.29) is 28.9 Å². The van der Waals surface area contributed by atoms with E-state index in [1.54, 1.807) is 12.1 Å². The lowest BCUT2D eigenvalue weighted by molar-refractivity contribution is 0.0718. The molecule has 7 heteroatoms. The number of nitrogens with zero attached hydrogens (tertiary/aromatic N) is 1. The van der Waals surface area contributed by atoms with Gasteiger partial charge in [-0.2, -0.15) is 0 Å². The zero-order chi connectivity index (χ0) is 20.1. The molecule has 1 saturated heterocycles. The van der Waals surface area contributed by atoms with E-state index < -0.39 is 17.7 Å². The third-order valence-electron chi connectivity index (χ3n) is 6.22. The Labute approximate surface area is 162 Å². The maximum absolute atomic E-state index is 13.9. The van der Waals surface area contributed by atoms with Crippen LogP contribution in [0.3, 0.4) is 0 Å². The summed E-state index contributed by atoms with van der Waals surface area (Å²) < 4.78 is 27.0. The largest absolute Gasteiger partial charge is 0.508 e. The Kier molecular flexibility index (Phi) is 4.50. The van der Waals surface area contributed by atoms with Gasteiger partial charge in [-0.15, -0.1) is 0 Å². The number of anilines is 1. The topological polar surface area (TPSA) is 64.6 Å². The Hall–Kier alpha value is -2.67. The number of nitrogens with one attached hydrogen (secondary N) is 2. The Balaban J connectivity index is 1.62. The number of amides is 2. The first kappa shape index (κ1) is 18.7. The van der Waals surface area contributed by atoms with Crippen LogP contribution in [0.1, 0.15) is 24.5 Å². The number of halogens is 2. The van der Waals surface area contributed by atoms with E-state index in [9.17, 15) is 18.7 Å². The van der Waals surface area contributed by atoms with E-state index in [2.05, 4.69) is 22.5 Å². The predicted molar refractivity (Wildman–Crippen MR) is 102 cm³/mol. The molecular formula is C21H23F2N3O2. The number of carbonyl (C=O) groups is 1. The van der Waals surface area contributed by atoms with Gasteiger partial charge in [0.25, 0.3) is 0 Å². The van der Waals surface area contributed by atoms with Gasteiger partial charge in [-0.3, -0.25) is 0 Å². The molecule has 2 aliphatic rings. The van der Waals surface area contributed by atoms with Crippen molar-refractivity contribution in [3.05, 3.63) is 59.2 Å². The smallest absolute Gasteiger partial charge is 0.319 e. The van der Waals surface area contributed by atoms with Gasteiger partial charge in [-0.25, -0.2) is 13.6 Å². The van der Waals surface area contributed by atoms with Gasteiger partial charge < -0.3 is 20.6 Å². The van der Waals surface area contributed by atoms with Gasteiger partial charge in [0.1, 0.15) is 17.4 Å². The van der Waals surface area contributed by atoms with Gasteiger partial charge in [0.05, 0.1) is 11.7 Å². The van der Waals surface area contributed by atoms with Crippen LogP contribution in [0.15, 0.2) is 36.4 Å². The van der Waals surface area contributed by atoms with Crippen LogP contribution in [0.5, 0.6) is 5.75 Å². The van der Waals surface area contributed by atoms with Crippen molar-refractivity contribution in [1.29, 1.82) is 0 Å². The highest BCUT2D eigenvalue weighted by Gasteiger charge is 2.50. The van der Waals surface area contributed by atoms with Crippen LogP contribution in [0.4, 0.5) is 19.3 Å². The fourth-order valence-electron chi connectivity index (χ4n) is 4.63. The van der Waals surface area contributed by atoms with Crippen molar-refractivity contribution < 1.29 is 18.7 Å². The maximum Gasteiger partial charge on any atom is 0.319 e. The monoisotopic (exact) mass is 387 g/mol. The predicted octanol–water partition coefficient (Wildman–Crippen LogP) is 3.38. The van der Waals surface area contributed by atoms with Crippen LogP contribution in [0.25, 0.3) is 0 Å². The minimum Gasteiger partial charge on any atom is -0.508 e. The summed E-state index contributed by atoms with van der Waals surface area (Å²) in [4.78, 5) is 14.8. The van der Waals surface area contributed by atoms with Crippen molar-refractivity contribution in [2.45, 2.75) is 37.3 Å². The third kappa shape index (κ3) is 3.09. The van der Waals surface area contributed by atoms with Gasteiger partial charge in [-0.05, 0) is 61.8 Å². The van der Waals surface area contributed by atoms with Gasteiger partial charge >= 0.3 is 6.03 Å². The van der Waals surface area contributed by atoms with Crippen molar-refractivity contribution in [3.8, 4) is 5.75 Å². The van der Waals surface area contributed by atoms with Crippen LogP contribution >= 0.6 is 0 Å². The summed E-state index contributed by atoms with van der Waals surface area (Å²) in [6.45, 7) is 2.97. The molecule has 1 aliphatic carbocycles. The zero-order valence-corrected chi connectivity index (χ0v) is 15.8. The minimum absolute atomic E-state index is 0.0728. The Morgan fingerprint density at radius 3 is 2.79 bits per heavy atom. The minimum atomic E-state index is -0.822. The number of rotatable bonds is 2. The normalized spacial score (nSPS) is 26.4. The zero-order valence-electron chi connectivity index (χ0n) is 15.8. The lowest BCUT2D eigenvalue weighted by atomic mass is 9.61. The molecule has 4 rings (SSSR count). The SMILES string of the molecule is CN1CC[C@]2(C)c3cc(O)ccc3C[C@@H]1[C@@H]2NC(=O)Nc1ccc(F)cc1F. The number of phenolic OH excluding ortho intramolecular Hbond substituents is 1. The summed E-state index contributed by atoms with van der Waals surface area (Å²) in [6.07, 6.45) is 1.56. The maximum atomic E-state index is 13.9. The molecule has 1 heterocycles. The number of likely N-dealkylation sites (tertiary alicyclic amines) is 1. The first-order valence-corrected chi connectivity index (χ1v) is 9.33. The number of hydrogen-bond acceptors (Lipinski definition) is 3. The van der Waals surface area contributed by atoms with Crippen LogP contribution < -0.4 is 10.6 Å². The van der Waals surface area contributed by atoms with E-state index in [0.717, 1.165) is 37.1 Å². The summed E-state index contributed by atoms with van der Waals surface area (Å²) in [5, 5.41) is 15.5. The molecule has 1 aliphatic heterocycles. The highest BCUT2D eigenvalue weighted by molar-refractivity contribution is 5.89. The summed E-state index contributed by atoms with van der Waals surface area (Å²) in [5.41, 5.74) is 1.77. The molecule has 2 bridgehead atoms. The van der Waals surface area contributed by atoms with Gasteiger partial charge in [-0.1, -0.05) is 13.0 Å². The molecule has 0 unspecified atom stereocenters. The van der Waals surface area contributed by atoms with E-state index >= 15 is 0 Å².